The van der Waals surface area contributed by atoms with Gasteiger partial charge in [0.2, 0.25) is 5.91 Å². The zero-order chi connectivity index (χ0) is 28.8. The summed E-state index contributed by atoms with van der Waals surface area (Å²) in [6, 6.07) is 19.2. The highest BCUT2D eigenvalue weighted by Gasteiger charge is 2.28. The van der Waals surface area contributed by atoms with E-state index in [2.05, 4.69) is 9.71 Å². The van der Waals surface area contributed by atoms with E-state index in [4.69, 9.17) is 9.47 Å². The Morgan fingerprint density at radius 3 is 2.76 bits per heavy atom. The van der Waals surface area contributed by atoms with Gasteiger partial charge < -0.3 is 14.0 Å². The molecule has 3 heterocycles. The lowest BCUT2D eigenvalue weighted by molar-refractivity contribution is -0.119. The molecule has 2 unspecified atom stereocenters. The van der Waals surface area contributed by atoms with Crippen LogP contribution in [0.2, 0.25) is 0 Å². The number of benzene rings is 2. The van der Waals surface area contributed by atoms with E-state index < -0.39 is 5.92 Å². The molecule has 1 amide bonds. The summed E-state index contributed by atoms with van der Waals surface area (Å²) in [5.74, 6) is -0.779. The molecular formula is C33H33N3O4S. The molecule has 1 aliphatic rings. The molecule has 2 atom stereocenters. The molecule has 0 fully saturated rings. The minimum absolute atomic E-state index is 0.00924. The van der Waals surface area contributed by atoms with Crippen LogP contribution >= 0.6 is 11.9 Å². The second-order valence-corrected chi connectivity index (χ2v) is 11.0. The fourth-order valence-electron chi connectivity index (χ4n) is 4.86. The average molecular weight is 568 g/mol. The second kappa shape index (κ2) is 13.1. The number of amides is 1. The molecule has 41 heavy (non-hydrogen) atoms. The van der Waals surface area contributed by atoms with Gasteiger partial charge in [-0.1, -0.05) is 54.1 Å². The van der Waals surface area contributed by atoms with Crippen molar-refractivity contribution in [2.75, 3.05) is 13.4 Å². The van der Waals surface area contributed by atoms with Crippen molar-refractivity contribution in [1.82, 2.24) is 14.3 Å². The van der Waals surface area contributed by atoms with Crippen LogP contribution in [0, 0.1) is 6.92 Å². The van der Waals surface area contributed by atoms with Crippen molar-refractivity contribution in [3.63, 3.8) is 0 Å². The van der Waals surface area contributed by atoms with Crippen LogP contribution in [0.3, 0.4) is 0 Å². The van der Waals surface area contributed by atoms with Gasteiger partial charge in [0.05, 0.1) is 25.0 Å². The van der Waals surface area contributed by atoms with Crippen LogP contribution in [-0.2, 0) is 27.7 Å². The zero-order valence-corrected chi connectivity index (χ0v) is 24.2. The SMILES string of the molecule is Cc1ccc(SNC(=O)C(C2=C/C(C)OCOC/C=C\2)c2cn(C)c3cc(C(=O)Cc4ccccn4)ccc23)cc1. The summed E-state index contributed by atoms with van der Waals surface area (Å²) in [5.41, 5.74) is 5.02. The van der Waals surface area contributed by atoms with E-state index >= 15 is 0 Å². The number of pyridine rings is 1. The molecular weight excluding hydrogens is 534 g/mol. The van der Waals surface area contributed by atoms with E-state index in [-0.39, 0.29) is 31.0 Å². The molecule has 4 aromatic rings. The summed E-state index contributed by atoms with van der Waals surface area (Å²) in [6.45, 7) is 4.53. The van der Waals surface area contributed by atoms with Crippen molar-refractivity contribution in [2.45, 2.75) is 37.2 Å². The number of hydrogen-bond donors (Lipinski definition) is 1. The number of fused-ring (bicyclic) bond motifs is 1. The van der Waals surface area contributed by atoms with Crippen LogP contribution in [0.1, 0.15) is 40.0 Å². The topological polar surface area (TPSA) is 82.5 Å². The predicted octanol–water partition coefficient (Wildman–Crippen LogP) is 6.09. The number of carbonyl (C=O) groups excluding carboxylic acids is 2. The van der Waals surface area contributed by atoms with Crippen LogP contribution in [0.4, 0.5) is 0 Å². The standard InChI is InChI=1S/C33H33N3O4S/c1-22-9-12-27(13-10-22)41-35-33(38)32(25-7-6-16-39-21-40-23(2)17-25)29-20-36(3)30-18-24(11-14-28(29)30)31(37)19-26-8-4-5-15-34-26/h4-15,17-18,20,23,32H,16,19,21H2,1-3H3,(H,35,38)/b7-6-,25-17+. The molecule has 1 N–H and O–H groups in total. The third-order valence-corrected chi connectivity index (χ3v) is 7.79. The Kier molecular flexibility index (Phi) is 9.14. The van der Waals surface area contributed by atoms with Gasteiger partial charge in [0.1, 0.15) is 6.79 Å². The Morgan fingerprint density at radius 2 is 1.98 bits per heavy atom. The Balaban J connectivity index is 1.51. The highest BCUT2D eigenvalue weighted by molar-refractivity contribution is 7.98. The number of allylic oxidation sites excluding steroid dienone is 1. The summed E-state index contributed by atoms with van der Waals surface area (Å²) in [4.78, 5) is 32.3. The second-order valence-electron chi connectivity index (χ2n) is 10.1. The number of carbonyl (C=O) groups is 2. The first kappa shape index (κ1) is 28.5. The Labute approximate surface area is 244 Å². The van der Waals surface area contributed by atoms with Crippen molar-refractivity contribution in [2.24, 2.45) is 7.05 Å². The normalized spacial score (nSPS) is 18.4. The minimum Gasteiger partial charge on any atom is -0.351 e. The van der Waals surface area contributed by atoms with Crippen LogP contribution in [0.5, 0.6) is 0 Å². The maximum Gasteiger partial charge on any atom is 0.242 e. The van der Waals surface area contributed by atoms with Crippen molar-refractivity contribution < 1.29 is 19.1 Å². The molecule has 0 spiro atoms. The maximum absolute atomic E-state index is 14.0. The van der Waals surface area contributed by atoms with Crippen molar-refractivity contribution in [1.29, 1.82) is 0 Å². The van der Waals surface area contributed by atoms with E-state index in [0.717, 1.165) is 38.2 Å². The van der Waals surface area contributed by atoms with E-state index in [9.17, 15) is 9.59 Å². The van der Waals surface area contributed by atoms with Crippen LogP contribution in [-0.4, -0.2) is 40.7 Å². The summed E-state index contributed by atoms with van der Waals surface area (Å²) in [6.07, 6.45) is 9.45. The first-order valence-electron chi connectivity index (χ1n) is 13.5. The van der Waals surface area contributed by atoms with E-state index in [0.29, 0.717) is 12.2 Å². The molecule has 0 bridgehead atoms. The highest BCUT2D eigenvalue weighted by atomic mass is 32.2. The van der Waals surface area contributed by atoms with Gasteiger partial charge in [0.25, 0.3) is 0 Å². The minimum atomic E-state index is -0.618. The number of Topliss-reactive ketones (excluding diaryl/α,β-unsaturated/α-hetero) is 1. The Bertz CT molecular complexity index is 1590. The van der Waals surface area contributed by atoms with Gasteiger partial charge in [-0.05, 0) is 67.3 Å². The van der Waals surface area contributed by atoms with Gasteiger partial charge in [0, 0.05) is 46.5 Å². The van der Waals surface area contributed by atoms with E-state index in [1.54, 1.807) is 6.20 Å². The Hall–Kier alpha value is -3.98. The zero-order valence-electron chi connectivity index (χ0n) is 23.4. The molecule has 1 aliphatic heterocycles. The fraction of sp³-hybridized carbons (Fsp3) is 0.242. The highest BCUT2D eigenvalue weighted by Crippen LogP contribution is 2.35. The largest absolute Gasteiger partial charge is 0.351 e. The molecule has 2 aromatic carbocycles. The molecule has 8 heteroatoms. The number of hydrogen-bond acceptors (Lipinski definition) is 6. The maximum atomic E-state index is 14.0. The molecule has 0 aliphatic carbocycles. The molecule has 0 radical (unpaired) electrons. The molecule has 2 aromatic heterocycles. The summed E-state index contributed by atoms with van der Waals surface area (Å²) in [5, 5.41) is 0.904. The van der Waals surface area contributed by atoms with E-state index in [1.807, 2.05) is 111 Å². The first-order valence-corrected chi connectivity index (χ1v) is 14.3. The fourth-order valence-corrected chi connectivity index (χ4v) is 5.47. The van der Waals surface area contributed by atoms with Crippen molar-refractivity contribution >= 4 is 34.5 Å². The average Bonchev–Trinajstić information content (AvgIpc) is 3.34. The van der Waals surface area contributed by atoms with Gasteiger partial charge in [-0.2, -0.15) is 0 Å². The Morgan fingerprint density at radius 1 is 1.15 bits per heavy atom. The number of nitrogens with zero attached hydrogens (tertiary/aromatic N) is 2. The van der Waals surface area contributed by atoms with Crippen LogP contribution in [0.15, 0.2) is 102 Å². The summed E-state index contributed by atoms with van der Waals surface area (Å²) >= 11 is 1.29. The number of aryl methyl sites for hydroxylation is 2. The number of ketones is 1. The quantitative estimate of drug-likeness (QED) is 0.205. The summed E-state index contributed by atoms with van der Waals surface area (Å²) in [7, 11) is 1.93. The van der Waals surface area contributed by atoms with Crippen LogP contribution in [0.25, 0.3) is 10.9 Å². The lowest BCUT2D eigenvalue weighted by Crippen LogP contribution is -2.26. The number of ether oxygens (including phenoxy) is 2. The number of aromatic nitrogens is 2. The van der Waals surface area contributed by atoms with Gasteiger partial charge in [-0.25, -0.2) is 0 Å². The molecule has 0 saturated carbocycles. The predicted molar refractivity (Wildman–Crippen MR) is 162 cm³/mol. The first-order chi connectivity index (χ1) is 19.9. The molecule has 5 rings (SSSR count). The third-order valence-electron chi connectivity index (χ3n) is 6.97. The third kappa shape index (κ3) is 7.03. The van der Waals surface area contributed by atoms with Crippen LogP contribution < -0.4 is 4.72 Å². The lowest BCUT2D eigenvalue weighted by atomic mass is 9.88. The lowest BCUT2D eigenvalue weighted by Gasteiger charge is -2.19. The number of rotatable bonds is 8. The van der Waals surface area contributed by atoms with Crippen molar-refractivity contribution in [3.05, 3.63) is 119 Å². The number of nitrogens with one attached hydrogen (secondary N) is 1. The summed E-state index contributed by atoms with van der Waals surface area (Å²) < 4.78 is 16.3. The van der Waals surface area contributed by atoms with Gasteiger partial charge >= 0.3 is 0 Å². The van der Waals surface area contributed by atoms with E-state index in [1.165, 1.54) is 11.9 Å². The van der Waals surface area contributed by atoms with Gasteiger partial charge in [0.15, 0.2) is 5.78 Å². The smallest absolute Gasteiger partial charge is 0.242 e. The van der Waals surface area contributed by atoms with Gasteiger partial charge in [-0.15, -0.1) is 0 Å². The van der Waals surface area contributed by atoms with Gasteiger partial charge in [-0.3, -0.25) is 19.3 Å². The molecule has 0 saturated heterocycles. The molecule has 210 valence electrons. The van der Waals surface area contributed by atoms with Crippen molar-refractivity contribution in [3.8, 4) is 0 Å². The molecule has 7 nitrogen and oxygen atoms in total. The monoisotopic (exact) mass is 567 g/mol.